The largest absolute Gasteiger partial charge is 0.419 e. The van der Waals surface area contributed by atoms with Crippen molar-refractivity contribution in [3.8, 4) is 0 Å². The minimum atomic E-state index is -4.64. The van der Waals surface area contributed by atoms with E-state index in [1.54, 1.807) is 4.90 Å². The van der Waals surface area contributed by atoms with E-state index in [0.717, 1.165) is 36.2 Å². The Morgan fingerprint density at radius 2 is 1.88 bits per heavy atom. The molecule has 3 heterocycles. The number of amides is 2. The number of aliphatic hydroxyl groups is 1. The number of halogens is 4. The number of hydrogen-bond donors (Lipinski definition) is 1. The van der Waals surface area contributed by atoms with Gasteiger partial charge in [-0.2, -0.15) is 13.2 Å². The highest BCUT2D eigenvalue weighted by Crippen LogP contribution is 2.53. The number of aliphatic hydroxyl groups excluding tert-OH is 1. The summed E-state index contributed by atoms with van der Waals surface area (Å²) in [5.74, 6) is -0.267. The number of rotatable bonds is 3. The van der Waals surface area contributed by atoms with Crippen LogP contribution >= 0.6 is 11.6 Å². The molecule has 11 heteroatoms. The molecule has 2 atom stereocenters. The molecule has 4 fully saturated rings. The van der Waals surface area contributed by atoms with E-state index in [1.165, 1.54) is 11.1 Å². The van der Waals surface area contributed by atoms with Gasteiger partial charge in [-0.15, -0.1) is 0 Å². The van der Waals surface area contributed by atoms with E-state index in [1.807, 2.05) is 0 Å². The number of carbonyl (C=O) groups excluding carboxylic acids is 2. The van der Waals surface area contributed by atoms with E-state index in [2.05, 4.69) is 4.98 Å². The maximum absolute atomic E-state index is 13.7. The number of fused-ring (bicyclic) bond motifs is 2. The van der Waals surface area contributed by atoms with Gasteiger partial charge in [-0.25, -0.2) is 4.98 Å². The minimum Gasteiger partial charge on any atom is -0.393 e. The Bertz CT molecular complexity index is 1170. The fraction of sp³-hybridized carbons (Fsp3) is 0.591. The van der Waals surface area contributed by atoms with Gasteiger partial charge in [0.2, 0.25) is 5.91 Å². The standard InChI is InChI=1S/C22H22ClF3N4O3/c23-19-17(27-20-15(22(24,25)26)5-11(8-30(19)20)10-1-2-10)21(33)28-3-4-29(16(31)9-28)12-6-13-14(7-12)18(13)32/h5,8,10,12-14,18,32H,1-4,6-7,9H2. The summed E-state index contributed by atoms with van der Waals surface area (Å²) in [6, 6.07) is 1.16. The van der Waals surface area contributed by atoms with Gasteiger partial charge in [-0.05, 0) is 55.1 Å². The molecule has 4 aliphatic rings. The Morgan fingerprint density at radius 3 is 2.48 bits per heavy atom. The summed E-state index contributed by atoms with van der Waals surface area (Å²) >= 11 is 6.36. The first-order valence-corrected chi connectivity index (χ1v) is 11.6. The number of carbonyl (C=O) groups is 2. The van der Waals surface area contributed by atoms with Crippen LogP contribution in [-0.2, 0) is 11.0 Å². The van der Waals surface area contributed by atoms with E-state index in [9.17, 15) is 27.9 Å². The molecule has 2 aromatic heterocycles. The zero-order valence-electron chi connectivity index (χ0n) is 17.6. The van der Waals surface area contributed by atoms with Crippen LogP contribution in [0, 0.1) is 11.8 Å². The first-order chi connectivity index (χ1) is 15.6. The van der Waals surface area contributed by atoms with Gasteiger partial charge in [-0.1, -0.05) is 11.6 Å². The molecular weight excluding hydrogens is 461 g/mol. The molecule has 0 bridgehead atoms. The van der Waals surface area contributed by atoms with Crippen LogP contribution in [0.1, 0.15) is 53.2 Å². The van der Waals surface area contributed by atoms with E-state index in [-0.39, 0.29) is 59.7 Å². The molecule has 33 heavy (non-hydrogen) atoms. The summed E-state index contributed by atoms with van der Waals surface area (Å²) in [6.45, 7) is 0.425. The van der Waals surface area contributed by atoms with E-state index in [0.29, 0.717) is 12.1 Å². The van der Waals surface area contributed by atoms with Crippen LogP contribution in [0.25, 0.3) is 5.65 Å². The molecule has 3 saturated carbocycles. The first kappa shape index (κ1) is 21.2. The highest BCUT2D eigenvalue weighted by Gasteiger charge is 2.57. The third-order valence-corrected chi connectivity index (χ3v) is 7.96. The Morgan fingerprint density at radius 1 is 1.18 bits per heavy atom. The number of piperazine rings is 1. The highest BCUT2D eigenvalue weighted by molar-refractivity contribution is 6.33. The fourth-order valence-corrected chi connectivity index (χ4v) is 5.80. The lowest BCUT2D eigenvalue weighted by Gasteiger charge is -2.38. The monoisotopic (exact) mass is 482 g/mol. The molecule has 0 radical (unpaired) electrons. The third-order valence-electron chi connectivity index (χ3n) is 7.60. The van der Waals surface area contributed by atoms with Crippen molar-refractivity contribution in [3.05, 3.63) is 34.2 Å². The van der Waals surface area contributed by atoms with Crippen LogP contribution in [-0.4, -0.2) is 67.9 Å². The lowest BCUT2D eigenvalue weighted by Crippen LogP contribution is -2.55. The summed E-state index contributed by atoms with van der Waals surface area (Å²) in [7, 11) is 0. The number of nitrogens with zero attached hydrogens (tertiary/aromatic N) is 4. The summed E-state index contributed by atoms with van der Waals surface area (Å²) in [5.41, 5.74) is -1.08. The van der Waals surface area contributed by atoms with Gasteiger partial charge in [0.05, 0.1) is 11.7 Å². The van der Waals surface area contributed by atoms with Crippen molar-refractivity contribution in [1.29, 1.82) is 0 Å². The molecule has 2 aromatic rings. The topological polar surface area (TPSA) is 78.2 Å². The molecule has 7 nitrogen and oxygen atoms in total. The van der Waals surface area contributed by atoms with Crippen molar-refractivity contribution in [2.24, 2.45) is 11.8 Å². The number of alkyl halides is 3. The van der Waals surface area contributed by atoms with Crippen LogP contribution in [0.2, 0.25) is 5.15 Å². The van der Waals surface area contributed by atoms with Gasteiger partial charge in [0, 0.05) is 25.3 Å². The molecule has 6 rings (SSSR count). The predicted molar refractivity (Wildman–Crippen MR) is 111 cm³/mol. The first-order valence-electron chi connectivity index (χ1n) is 11.2. The van der Waals surface area contributed by atoms with E-state index in [4.69, 9.17) is 11.6 Å². The Hall–Kier alpha value is -2.33. The van der Waals surface area contributed by atoms with Gasteiger partial charge in [-0.3, -0.25) is 14.0 Å². The molecule has 0 aromatic carbocycles. The van der Waals surface area contributed by atoms with Crippen LogP contribution in [0.3, 0.4) is 0 Å². The Kier molecular flexibility index (Phi) is 4.56. The van der Waals surface area contributed by atoms with E-state index < -0.39 is 23.3 Å². The summed E-state index contributed by atoms with van der Waals surface area (Å²) < 4.78 is 42.3. The average molecular weight is 483 g/mol. The quantitative estimate of drug-likeness (QED) is 0.729. The normalized spacial score (nSPS) is 29.7. The van der Waals surface area contributed by atoms with Crippen molar-refractivity contribution < 1.29 is 27.9 Å². The minimum absolute atomic E-state index is 0.0570. The summed E-state index contributed by atoms with van der Waals surface area (Å²) in [5, 5.41) is 9.55. The van der Waals surface area contributed by atoms with Crippen LogP contribution < -0.4 is 0 Å². The molecule has 2 unspecified atom stereocenters. The molecule has 1 saturated heterocycles. The van der Waals surface area contributed by atoms with Crippen LogP contribution in [0.4, 0.5) is 13.2 Å². The zero-order valence-corrected chi connectivity index (χ0v) is 18.3. The Labute approximate surface area is 192 Å². The number of imidazole rings is 1. The molecule has 1 aliphatic heterocycles. The second-order valence-corrected chi connectivity index (χ2v) is 10.0. The van der Waals surface area contributed by atoms with E-state index >= 15 is 0 Å². The molecule has 2 amide bonds. The van der Waals surface area contributed by atoms with Crippen molar-refractivity contribution in [3.63, 3.8) is 0 Å². The lowest BCUT2D eigenvalue weighted by atomic mass is 10.1. The van der Waals surface area contributed by atoms with Gasteiger partial charge in [0.25, 0.3) is 5.91 Å². The van der Waals surface area contributed by atoms with Crippen LogP contribution in [0.5, 0.6) is 0 Å². The second-order valence-electron chi connectivity index (χ2n) is 9.66. The molecule has 0 spiro atoms. The van der Waals surface area contributed by atoms with Crippen LogP contribution in [0.15, 0.2) is 12.3 Å². The highest BCUT2D eigenvalue weighted by atomic mass is 35.5. The lowest BCUT2D eigenvalue weighted by molar-refractivity contribution is -0.138. The number of aromatic nitrogens is 2. The summed E-state index contributed by atoms with van der Waals surface area (Å²) in [6.07, 6.45) is -0.196. The van der Waals surface area contributed by atoms with Gasteiger partial charge in [0.15, 0.2) is 11.3 Å². The van der Waals surface area contributed by atoms with Gasteiger partial charge >= 0.3 is 6.18 Å². The maximum atomic E-state index is 13.7. The summed E-state index contributed by atoms with van der Waals surface area (Å²) in [4.78, 5) is 32.9. The van der Waals surface area contributed by atoms with Gasteiger partial charge < -0.3 is 14.9 Å². The predicted octanol–water partition coefficient (Wildman–Crippen LogP) is 2.94. The third kappa shape index (κ3) is 3.41. The number of hydrogen-bond acceptors (Lipinski definition) is 4. The molecular formula is C22H22ClF3N4O3. The molecule has 176 valence electrons. The SMILES string of the molecule is O=C(c1nc2c(C(F)(F)F)cc(C3CC3)cn2c1Cl)N1CCN(C2CC3C(O)C3C2)C(=O)C1. The van der Waals surface area contributed by atoms with Crippen molar-refractivity contribution in [1.82, 2.24) is 19.2 Å². The maximum Gasteiger partial charge on any atom is 0.419 e. The van der Waals surface area contributed by atoms with Gasteiger partial charge in [0.1, 0.15) is 11.7 Å². The molecule has 1 N–H and O–H groups in total. The smallest absolute Gasteiger partial charge is 0.393 e. The fourth-order valence-electron chi connectivity index (χ4n) is 5.55. The molecule has 3 aliphatic carbocycles. The Balaban J connectivity index is 1.25. The second kappa shape index (κ2) is 7.09. The number of pyridine rings is 1. The van der Waals surface area contributed by atoms with Crippen molar-refractivity contribution >= 4 is 29.1 Å². The van der Waals surface area contributed by atoms with Crippen molar-refractivity contribution in [2.75, 3.05) is 19.6 Å². The average Bonchev–Trinajstić information content (AvgIpc) is 3.63. The zero-order chi connectivity index (χ0) is 23.2. The van der Waals surface area contributed by atoms with Crippen molar-refractivity contribution in [2.45, 2.75) is 49.9 Å².